The third kappa shape index (κ3) is 4.33. The summed E-state index contributed by atoms with van der Waals surface area (Å²) in [4.78, 5) is 37.1. The molecule has 0 unspecified atom stereocenters. The van der Waals surface area contributed by atoms with Crippen molar-refractivity contribution in [1.29, 1.82) is 0 Å². The summed E-state index contributed by atoms with van der Waals surface area (Å²) in [7, 11) is 1.18. The molecular formula is C18H22BrN3O6. The zero-order valence-corrected chi connectivity index (χ0v) is 17.6. The second-order valence-electron chi connectivity index (χ2n) is 7.28. The molecule has 1 heterocycles. The number of nitrogens with one attached hydrogen (secondary N) is 1. The number of nitrogens with zero attached hydrogens (tertiary/aromatic N) is 2. The third-order valence-electron chi connectivity index (χ3n) is 4.34. The molecule has 0 aromatic heterocycles. The second kappa shape index (κ2) is 8.27. The maximum atomic E-state index is 12.7. The summed E-state index contributed by atoms with van der Waals surface area (Å²) < 4.78 is 5.11. The van der Waals surface area contributed by atoms with Crippen LogP contribution in [0, 0.1) is 10.1 Å². The van der Waals surface area contributed by atoms with Gasteiger partial charge in [-0.1, -0.05) is 20.8 Å². The molecule has 0 fully saturated rings. The molecule has 0 atom stereocenters. The highest BCUT2D eigenvalue weighted by molar-refractivity contribution is 9.10. The average Bonchev–Trinajstić information content (AvgIpc) is 2.91. The molecule has 0 bridgehead atoms. The van der Waals surface area contributed by atoms with E-state index in [1.807, 2.05) is 20.8 Å². The number of benzene rings is 1. The van der Waals surface area contributed by atoms with Gasteiger partial charge in [0.15, 0.2) is 0 Å². The van der Waals surface area contributed by atoms with Crippen LogP contribution in [0.3, 0.4) is 0 Å². The molecule has 0 radical (unpaired) electrons. The Labute approximate surface area is 170 Å². The number of ether oxygens (including phenoxy) is 1. The first-order valence-corrected chi connectivity index (χ1v) is 9.27. The lowest BCUT2D eigenvalue weighted by molar-refractivity contribution is -0.384. The number of esters is 1. The highest BCUT2D eigenvalue weighted by Gasteiger charge is 2.36. The second-order valence-corrected chi connectivity index (χ2v) is 8.13. The van der Waals surface area contributed by atoms with Crippen molar-refractivity contribution < 1.29 is 24.4 Å². The van der Waals surface area contributed by atoms with Gasteiger partial charge in [0.2, 0.25) is 0 Å². The summed E-state index contributed by atoms with van der Waals surface area (Å²) in [5, 5.41) is 23.5. The molecule has 9 nitrogen and oxygen atoms in total. The van der Waals surface area contributed by atoms with E-state index in [1.54, 1.807) is 6.07 Å². The van der Waals surface area contributed by atoms with Gasteiger partial charge >= 0.3 is 5.97 Å². The van der Waals surface area contributed by atoms with E-state index < -0.39 is 16.8 Å². The van der Waals surface area contributed by atoms with Crippen LogP contribution in [0.2, 0.25) is 0 Å². The quantitative estimate of drug-likeness (QED) is 0.383. The van der Waals surface area contributed by atoms with Crippen molar-refractivity contribution in [2.24, 2.45) is 0 Å². The van der Waals surface area contributed by atoms with Crippen molar-refractivity contribution in [3.05, 3.63) is 43.6 Å². The van der Waals surface area contributed by atoms with Gasteiger partial charge in [-0.15, -0.1) is 0 Å². The Morgan fingerprint density at radius 2 is 2.07 bits per heavy atom. The largest absolute Gasteiger partial charge is 0.466 e. The topological polar surface area (TPSA) is 122 Å². The average molecular weight is 456 g/mol. The molecule has 1 aromatic rings. The van der Waals surface area contributed by atoms with Crippen LogP contribution in [-0.2, 0) is 19.7 Å². The summed E-state index contributed by atoms with van der Waals surface area (Å²) in [5.41, 5.74) is 0.176. The van der Waals surface area contributed by atoms with Gasteiger partial charge in [0.25, 0.3) is 11.6 Å². The lowest BCUT2D eigenvalue weighted by Gasteiger charge is -2.21. The lowest BCUT2D eigenvalue weighted by Crippen LogP contribution is -2.31. The number of nitro benzene ring substituents is 1. The summed E-state index contributed by atoms with van der Waals surface area (Å²) in [5.74, 6) is -1.27. The number of hydrogen-bond donors (Lipinski definition) is 2. The van der Waals surface area contributed by atoms with E-state index in [1.165, 1.54) is 18.1 Å². The summed E-state index contributed by atoms with van der Waals surface area (Å²) >= 11 is 3.34. The Morgan fingerprint density at radius 3 is 2.57 bits per heavy atom. The molecule has 28 heavy (non-hydrogen) atoms. The van der Waals surface area contributed by atoms with Gasteiger partial charge in [0, 0.05) is 17.1 Å². The molecule has 1 amide bonds. The van der Waals surface area contributed by atoms with Gasteiger partial charge in [-0.25, -0.2) is 4.79 Å². The number of rotatable bonds is 6. The van der Waals surface area contributed by atoms with E-state index in [0.717, 1.165) is 5.56 Å². The predicted octanol–water partition coefficient (Wildman–Crippen LogP) is 2.33. The van der Waals surface area contributed by atoms with E-state index in [9.17, 15) is 19.7 Å². The van der Waals surface area contributed by atoms with Crippen molar-refractivity contribution in [3.8, 4) is 0 Å². The number of carbonyl (C=O) groups is 2. The first-order valence-electron chi connectivity index (χ1n) is 8.48. The molecule has 1 aromatic carbocycles. The number of methoxy groups -OCH3 is 1. The van der Waals surface area contributed by atoms with Crippen LogP contribution in [0.25, 0.3) is 0 Å². The fraction of sp³-hybridized carbons (Fsp3) is 0.444. The highest BCUT2D eigenvalue weighted by atomic mass is 79.9. The van der Waals surface area contributed by atoms with E-state index in [4.69, 9.17) is 9.84 Å². The normalized spacial score (nSPS) is 14.5. The number of hydrogen-bond acceptors (Lipinski definition) is 7. The fourth-order valence-electron chi connectivity index (χ4n) is 2.77. The zero-order chi connectivity index (χ0) is 21.2. The summed E-state index contributed by atoms with van der Waals surface area (Å²) in [6, 6.07) is 3.18. The van der Waals surface area contributed by atoms with Crippen LogP contribution in [0.4, 0.5) is 11.4 Å². The van der Waals surface area contributed by atoms with Crippen LogP contribution in [0.5, 0.6) is 0 Å². The Balaban J connectivity index is 2.57. The van der Waals surface area contributed by atoms with Gasteiger partial charge in [-0.05, 0) is 33.0 Å². The standard InChI is InChI=1S/C18H22BrN3O6/c1-18(2,3)10-7-12(19)15(13(8-10)22(26)27)20-14-11(17(25)28-4)9-21(5-6-23)16(14)24/h7-8,20,23H,5-6,9H2,1-4H3. The monoisotopic (exact) mass is 455 g/mol. The maximum absolute atomic E-state index is 12.7. The number of aliphatic hydroxyl groups is 1. The smallest absolute Gasteiger partial charge is 0.337 e. The third-order valence-corrected chi connectivity index (χ3v) is 4.96. The van der Waals surface area contributed by atoms with Gasteiger partial charge in [-0.3, -0.25) is 14.9 Å². The molecule has 0 aliphatic carbocycles. The summed E-state index contributed by atoms with van der Waals surface area (Å²) in [6.07, 6.45) is 0. The number of nitro groups is 1. The van der Waals surface area contributed by atoms with E-state index in [0.29, 0.717) is 4.47 Å². The van der Waals surface area contributed by atoms with Crippen molar-refractivity contribution in [3.63, 3.8) is 0 Å². The molecule has 152 valence electrons. The molecule has 0 spiro atoms. The SMILES string of the molecule is COC(=O)C1=C(Nc2c(Br)cc(C(C)(C)C)cc2[N+](=O)[O-])C(=O)N(CCO)C1. The maximum Gasteiger partial charge on any atom is 0.337 e. The number of halogens is 1. The Bertz CT molecular complexity index is 860. The van der Waals surface area contributed by atoms with Crippen molar-refractivity contribution >= 4 is 39.2 Å². The van der Waals surface area contributed by atoms with Crippen LogP contribution < -0.4 is 5.32 Å². The van der Waals surface area contributed by atoms with Gasteiger partial charge < -0.3 is 20.1 Å². The first kappa shape index (κ1) is 21.8. The molecule has 0 saturated heterocycles. The van der Waals surface area contributed by atoms with E-state index in [2.05, 4.69) is 21.2 Å². The molecule has 2 N–H and O–H groups in total. The Morgan fingerprint density at radius 1 is 1.43 bits per heavy atom. The van der Waals surface area contributed by atoms with Crippen LogP contribution in [0.15, 0.2) is 27.9 Å². The van der Waals surface area contributed by atoms with Gasteiger partial charge in [0.05, 0.1) is 30.8 Å². The molecule has 10 heteroatoms. The van der Waals surface area contributed by atoms with Crippen LogP contribution >= 0.6 is 15.9 Å². The van der Waals surface area contributed by atoms with Gasteiger partial charge in [0.1, 0.15) is 11.4 Å². The summed E-state index contributed by atoms with van der Waals surface area (Å²) in [6.45, 7) is 5.47. The van der Waals surface area contributed by atoms with Crippen LogP contribution in [0.1, 0.15) is 26.3 Å². The van der Waals surface area contributed by atoms with Crippen molar-refractivity contribution in [2.75, 3.05) is 32.1 Å². The Hall–Kier alpha value is -2.46. The highest BCUT2D eigenvalue weighted by Crippen LogP contribution is 2.39. The van der Waals surface area contributed by atoms with Crippen LogP contribution in [-0.4, -0.2) is 53.6 Å². The first-order chi connectivity index (χ1) is 13.0. The van der Waals surface area contributed by atoms with E-state index >= 15 is 0 Å². The lowest BCUT2D eigenvalue weighted by atomic mass is 9.86. The molecule has 1 aliphatic heterocycles. The molecule has 0 saturated carbocycles. The number of aliphatic hydroxyl groups excluding tert-OH is 1. The Kier molecular flexibility index (Phi) is 6.45. The molecule has 2 rings (SSSR count). The number of carbonyl (C=O) groups excluding carboxylic acids is 2. The zero-order valence-electron chi connectivity index (χ0n) is 16.0. The fourth-order valence-corrected chi connectivity index (χ4v) is 3.32. The predicted molar refractivity (Wildman–Crippen MR) is 106 cm³/mol. The minimum atomic E-state index is -0.721. The molecular weight excluding hydrogens is 434 g/mol. The van der Waals surface area contributed by atoms with Gasteiger partial charge in [-0.2, -0.15) is 0 Å². The number of anilines is 1. The van der Waals surface area contributed by atoms with Crippen molar-refractivity contribution in [2.45, 2.75) is 26.2 Å². The number of amides is 1. The minimum Gasteiger partial charge on any atom is -0.466 e. The number of β-amino-alcohol motifs (C(OH)–C–C–N with tert-alkyl or cyclic N) is 1. The minimum absolute atomic E-state index is 0.0245. The van der Waals surface area contributed by atoms with Crippen molar-refractivity contribution in [1.82, 2.24) is 4.90 Å². The van der Waals surface area contributed by atoms with E-state index in [-0.39, 0.29) is 47.8 Å². The molecule has 1 aliphatic rings.